The number of hydrogen-bond acceptors (Lipinski definition) is 2. The Morgan fingerprint density at radius 2 is 2.44 bits per heavy atom. The minimum atomic E-state index is -0.0492. The highest BCUT2D eigenvalue weighted by Crippen LogP contribution is 1.91. The molecule has 0 unspecified atom stereocenters. The quantitative estimate of drug-likeness (QED) is 0.443. The third-order valence-electron chi connectivity index (χ3n) is 0.961. The summed E-state index contributed by atoms with van der Waals surface area (Å²) in [6, 6.07) is 0. The molecule has 0 aromatic carbocycles. The molecule has 0 aliphatic rings. The molecule has 0 radical (unpaired) electrons. The molecule has 3 heteroatoms. The summed E-state index contributed by atoms with van der Waals surface area (Å²) in [4.78, 5) is 10.6. The first-order chi connectivity index (χ1) is 4.31. The Morgan fingerprint density at radius 1 is 1.78 bits per heavy atom. The maximum Gasteiger partial charge on any atom is 0.240 e. The van der Waals surface area contributed by atoms with Gasteiger partial charge in [-0.15, -0.1) is 0 Å². The van der Waals surface area contributed by atoms with E-state index in [4.69, 9.17) is 0 Å². The smallest absolute Gasteiger partial charge is 0.240 e. The van der Waals surface area contributed by atoms with E-state index in [1.165, 1.54) is 0 Å². The van der Waals surface area contributed by atoms with Crippen molar-refractivity contribution in [3.63, 3.8) is 0 Å². The number of carbonyl (C=O) groups is 1. The number of carbonyl (C=O) groups excluding carboxylic acids is 1. The van der Waals surface area contributed by atoms with Gasteiger partial charge in [-0.25, -0.2) is 5.43 Å². The topological polar surface area (TPSA) is 41.5 Å². The van der Waals surface area contributed by atoms with Gasteiger partial charge in [0.15, 0.2) is 0 Å². The van der Waals surface area contributed by atoms with E-state index in [1.807, 2.05) is 6.92 Å². The molecule has 3 nitrogen and oxygen atoms in total. The number of amides is 1. The van der Waals surface area contributed by atoms with Crippen LogP contribution in [0.25, 0.3) is 0 Å². The van der Waals surface area contributed by atoms with Gasteiger partial charge in [-0.05, 0) is 6.42 Å². The van der Waals surface area contributed by atoms with Crippen molar-refractivity contribution in [3.05, 3.63) is 0 Å². The van der Waals surface area contributed by atoms with Gasteiger partial charge in [-0.2, -0.15) is 5.10 Å². The standard InChI is InChI=1S/C6H12N2O/c1-3-4-5-6(9)8-7-2/h2-5H2,1H3,(H,8,9). The Bertz CT molecular complexity index is 101. The average Bonchev–Trinajstić information content (AvgIpc) is 1.85. The van der Waals surface area contributed by atoms with E-state index in [1.54, 1.807) is 0 Å². The normalized spacial score (nSPS) is 8.56. The van der Waals surface area contributed by atoms with Crippen LogP contribution in [0.1, 0.15) is 26.2 Å². The molecule has 0 heterocycles. The summed E-state index contributed by atoms with van der Waals surface area (Å²) in [6.45, 7) is 5.16. The molecular formula is C6H12N2O. The summed E-state index contributed by atoms with van der Waals surface area (Å²) in [5.74, 6) is -0.0492. The van der Waals surface area contributed by atoms with E-state index in [-0.39, 0.29) is 5.91 Å². The SMILES string of the molecule is C=NNC(=O)CCCC. The summed E-state index contributed by atoms with van der Waals surface area (Å²) in [6.07, 6.45) is 2.50. The zero-order valence-corrected chi connectivity index (χ0v) is 5.68. The maximum atomic E-state index is 10.6. The molecule has 0 bridgehead atoms. The van der Waals surface area contributed by atoms with Crippen LogP contribution >= 0.6 is 0 Å². The van der Waals surface area contributed by atoms with E-state index in [2.05, 4.69) is 17.2 Å². The third kappa shape index (κ3) is 5.00. The Hall–Kier alpha value is -0.860. The van der Waals surface area contributed by atoms with Crippen LogP contribution in [0.3, 0.4) is 0 Å². The van der Waals surface area contributed by atoms with E-state index >= 15 is 0 Å². The van der Waals surface area contributed by atoms with Crippen molar-refractivity contribution >= 4 is 12.6 Å². The van der Waals surface area contributed by atoms with Crippen LogP contribution in [0.2, 0.25) is 0 Å². The molecule has 0 aliphatic heterocycles. The number of nitrogens with one attached hydrogen (secondary N) is 1. The Kier molecular flexibility index (Phi) is 4.78. The number of nitrogens with zero attached hydrogens (tertiary/aromatic N) is 1. The molecule has 0 atom stereocenters. The molecule has 0 aliphatic carbocycles. The second-order valence-corrected chi connectivity index (χ2v) is 1.80. The van der Waals surface area contributed by atoms with Crippen LogP contribution in [0.4, 0.5) is 0 Å². The van der Waals surface area contributed by atoms with Gasteiger partial charge in [-0.1, -0.05) is 13.3 Å². The Balaban J connectivity index is 3.16. The van der Waals surface area contributed by atoms with Crippen LogP contribution in [-0.4, -0.2) is 12.6 Å². The van der Waals surface area contributed by atoms with E-state index < -0.39 is 0 Å². The van der Waals surface area contributed by atoms with Crippen LogP contribution in [0.15, 0.2) is 5.10 Å². The van der Waals surface area contributed by atoms with Crippen molar-refractivity contribution < 1.29 is 4.79 Å². The highest BCUT2D eigenvalue weighted by Gasteiger charge is 1.94. The highest BCUT2D eigenvalue weighted by atomic mass is 16.2. The molecule has 0 saturated carbocycles. The van der Waals surface area contributed by atoms with Crippen LogP contribution in [-0.2, 0) is 4.79 Å². The Morgan fingerprint density at radius 3 is 2.89 bits per heavy atom. The average molecular weight is 128 g/mol. The van der Waals surface area contributed by atoms with E-state index in [0.717, 1.165) is 12.8 Å². The number of hydrazone groups is 1. The van der Waals surface area contributed by atoms with Crippen molar-refractivity contribution in [2.24, 2.45) is 5.10 Å². The second-order valence-electron chi connectivity index (χ2n) is 1.80. The largest absolute Gasteiger partial charge is 0.273 e. The lowest BCUT2D eigenvalue weighted by Gasteiger charge is -1.94. The highest BCUT2D eigenvalue weighted by molar-refractivity contribution is 5.75. The van der Waals surface area contributed by atoms with Gasteiger partial charge in [0.2, 0.25) is 5.91 Å². The summed E-state index contributed by atoms with van der Waals surface area (Å²) >= 11 is 0. The van der Waals surface area contributed by atoms with Crippen LogP contribution < -0.4 is 5.43 Å². The third-order valence-corrected chi connectivity index (χ3v) is 0.961. The first-order valence-electron chi connectivity index (χ1n) is 3.05. The van der Waals surface area contributed by atoms with Crippen LogP contribution in [0, 0.1) is 0 Å². The lowest BCUT2D eigenvalue weighted by Crippen LogP contribution is -2.15. The first-order valence-corrected chi connectivity index (χ1v) is 3.05. The fourth-order valence-corrected chi connectivity index (χ4v) is 0.481. The molecule has 0 spiro atoms. The van der Waals surface area contributed by atoms with Crippen molar-refractivity contribution in [3.8, 4) is 0 Å². The van der Waals surface area contributed by atoms with Gasteiger partial charge in [0.25, 0.3) is 0 Å². The second kappa shape index (κ2) is 5.28. The van der Waals surface area contributed by atoms with Gasteiger partial charge in [0, 0.05) is 13.1 Å². The molecule has 1 amide bonds. The number of unbranched alkanes of at least 4 members (excludes halogenated alkanes) is 1. The minimum absolute atomic E-state index is 0.0492. The predicted molar refractivity (Wildman–Crippen MR) is 37.2 cm³/mol. The fourth-order valence-electron chi connectivity index (χ4n) is 0.481. The summed E-state index contributed by atoms with van der Waals surface area (Å²) in [7, 11) is 0. The summed E-state index contributed by atoms with van der Waals surface area (Å²) < 4.78 is 0. The molecular weight excluding hydrogens is 116 g/mol. The molecule has 0 aromatic rings. The lowest BCUT2D eigenvalue weighted by atomic mass is 10.2. The zero-order chi connectivity index (χ0) is 7.11. The minimum Gasteiger partial charge on any atom is -0.273 e. The Labute approximate surface area is 55.1 Å². The molecule has 0 aromatic heterocycles. The van der Waals surface area contributed by atoms with Crippen molar-refractivity contribution in [1.29, 1.82) is 0 Å². The van der Waals surface area contributed by atoms with E-state index in [9.17, 15) is 4.79 Å². The van der Waals surface area contributed by atoms with Crippen molar-refractivity contribution in [2.45, 2.75) is 26.2 Å². The summed E-state index contributed by atoms with van der Waals surface area (Å²) in [5, 5.41) is 3.24. The maximum absolute atomic E-state index is 10.6. The molecule has 0 fully saturated rings. The van der Waals surface area contributed by atoms with Gasteiger partial charge >= 0.3 is 0 Å². The molecule has 1 N–H and O–H groups in total. The van der Waals surface area contributed by atoms with Crippen molar-refractivity contribution in [2.75, 3.05) is 0 Å². The van der Waals surface area contributed by atoms with Crippen molar-refractivity contribution in [1.82, 2.24) is 5.43 Å². The lowest BCUT2D eigenvalue weighted by molar-refractivity contribution is -0.121. The van der Waals surface area contributed by atoms with Crippen LogP contribution in [0.5, 0.6) is 0 Å². The van der Waals surface area contributed by atoms with E-state index in [0.29, 0.717) is 6.42 Å². The molecule has 52 valence electrons. The van der Waals surface area contributed by atoms with Gasteiger partial charge < -0.3 is 0 Å². The first kappa shape index (κ1) is 8.14. The van der Waals surface area contributed by atoms with Gasteiger partial charge in [0.1, 0.15) is 0 Å². The van der Waals surface area contributed by atoms with Gasteiger partial charge in [0.05, 0.1) is 0 Å². The summed E-state index contributed by atoms with van der Waals surface area (Å²) in [5.41, 5.74) is 2.26. The fraction of sp³-hybridized carbons (Fsp3) is 0.667. The molecule has 0 saturated heterocycles. The zero-order valence-electron chi connectivity index (χ0n) is 5.68. The van der Waals surface area contributed by atoms with Gasteiger partial charge in [-0.3, -0.25) is 4.79 Å². The monoisotopic (exact) mass is 128 g/mol. The predicted octanol–water partition coefficient (Wildman–Crippen LogP) is 0.908. The molecule has 0 rings (SSSR count). The molecule has 9 heavy (non-hydrogen) atoms. The number of hydrogen-bond donors (Lipinski definition) is 1. The number of rotatable bonds is 4.